The first-order valence-electron chi connectivity index (χ1n) is 5.75. The summed E-state index contributed by atoms with van der Waals surface area (Å²) in [5.74, 6) is -0.833. The monoisotopic (exact) mass is 329 g/mol. The van der Waals surface area contributed by atoms with Crippen molar-refractivity contribution < 1.29 is 19.4 Å². The summed E-state index contributed by atoms with van der Waals surface area (Å²) in [6.07, 6.45) is 0.346. The molecule has 1 aromatic rings. The summed E-state index contributed by atoms with van der Waals surface area (Å²) in [6, 6.07) is 4.15. The fourth-order valence-electron chi connectivity index (χ4n) is 1.74. The van der Waals surface area contributed by atoms with Crippen LogP contribution in [0.25, 0.3) is 0 Å². The van der Waals surface area contributed by atoms with E-state index in [1.807, 2.05) is 0 Å². The first-order chi connectivity index (χ1) is 8.92. The van der Waals surface area contributed by atoms with E-state index in [0.717, 1.165) is 0 Å². The quantitative estimate of drug-likeness (QED) is 0.900. The van der Waals surface area contributed by atoms with E-state index in [1.165, 1.54) is 19.1 Å². The van der Waals surface area contributed by atoms with Crippen molar-refractivity contribution >= 4 is 27.8 Å². The lowest BCUT2D eigenvalue weighted by atomic mass is 10.1. The zero-order valence-corrected chi connectivity index (χ0v) is 12.6. The van der Waals surface area contributed by atoms with E-state index in [2.05, 4.69) is 15.9 Å². The summed E-state index contributed by atoms with van der Waals surface area (Å²) in [5.41, 5.74) is 0.376. The van der Waals surface area contributed by atoms with Crippen LogP contribution in [0.15, 0.2) is 22.7 Å². The van der Waals surface area contributed by atoms with Crippen LogP contribution < -0.4 is 4.74 Å². The third-order valence-electron chi connectivity index (χ3n) is 2.86. The maximum absolute atomic E-state index is 12.3. The number of ether oxygens (including phenoxy) is 1. The summed E-state index contributed by atoms with van der Waals surface area (Å²) in [6.45, 7) is 1.73. The Morgan fingerprint density at radius 3 is 2.58 bits per heavy atom. The van der Waals surface area contributed by atoms with Crippen molar-refractivity contribution in [3.63, 3.8) is 0 Å². The zero-order valence-electron chi connectivity index (χ0n) is 11.0. The van der Waals surface area contributed by atoms with Gasteiger partial charge in [0.1, 0.15) is 11.8 Å². The van der Waals surface area contributed by atoms with Crippen molar-refractivity contribution in [3.05, 3.63) is 28.2 Å². The fraction of sp³-hybridized carbons (Fsp3) is 0.385. The van der Waals surface area contributed by atoms with Crippen molar-refractivity contribution in [2.45, 2.75) is 19.4 Å². The number of hydrogen-bond donors (Lipinski definition) is 1. The minimum Gasteiger partial charge on any atom is -0.497 e. The van der Waals surface area contributed by atoms with Crippen molar-refractivity contribution in [3.8, 4) is 5.75 Å². The maximum Gasteiger partial charge on any atom is 0.326 e. The maximum atomic E-state index is 12.3. The van der Waals surface area contributed by atoms with Gasteiger partial charge in [0, 0.05) is 11.5 Å². The molecule has 0 bridgehead atoms. The molecule has 19 heavy (non-hydrogen) atoms. The Bertz CT molecular complexity index is 490. The molecule has 0 aromatic heterocycles. The number of carboxylic acids is 1. The van der Waals surface area contributed by atoms with Crippen LogP contribution in [-0.4, -0.2) is 42.1 Å². The summed E-state index contributed by atoms with van der Waals surface area (Å²) < 4.78 is 5.67. The number of nitrogens with zero attached hydrogens (tertiary/aromatic N) is 1. The predicted octanol–water partition coefficient (Wildman–Crippen LogP) is 2.39. The van der Waals surface area contributed by atoms with E-state index in [0.29, 0.717) is 22.2 Å². The van der Waals surface area contributed by atoms with Crippen LogP contribution in [0.1, 0.15) is 23.7 Å². The van der Waals surface area contributed by atoms with Crippen molar-refractivity contribution in [1.82, 2.24) is 4.90 Å². The molecule has 0 spiro atoms. The highest BCUT2D eigenvalue weighted by molar-refractivity contribution is 9.10. The molecule has 1 N–H and O–H groups in total. The van der Waals surface area contributed by atoms with Crippen LogP contribution in [0.3, 0.4) is 0 Å². The van der Waals surface area contributed by atoms with Gasteiger partial charge in [-0.2, -0.15) is 0 Å². The lowest BCUT2D eigenvalue weighted by Gasteiger charge is -2.24. The molecule has 0 radical (unpaired) electrons. The van der Waals surface area contributed by atoms with Crippen molar-refractivity contribution in [1.29, 1.82) is 0 Å². The number of benzene rings is 1. The Balaban J connectivity index is 3.08. The van der Waals surface area contributed by atoms with E-state index in [-0.39, 0.29) is 5.91 Å². The third kappa shape index (κ3) is 3.47. The van der Waals surface area contributed by atoms with Gasteiger partial charge in [0.25, 0.3) is 5.91 Å². The number of methoxy groups -OCH3 is 1. The van der Waals surface area contributed by atoms with Crippen LogP contribution >= 0.6 is 15.9 Å². The molecule has 0 saturated heterocycles. The molecule has 1 rings (SSSR count). The highest BCUT2D eigenvalue weighted by Gasteiger charge is 2.26. The molecule has 0 saturated carbocycles. The fourth-order valence-corrected chi connectivity index (χ4v) is 2.16. The number of aliphatic carboxylic acids is 1. The van der Waals surface area contributed by atoms with Gasteiger partial charge in [0.15, 0.2) is 0 Å². The first-order valence-corrected chi connectivity index (χ1v) is 6.55. The van der Waals surface area contributed by atoms with Gasteiger partial charge >= 0.3 is 5.97 Å². The standard InChI is InChI=1S/C13H16BrNO4/c1-4-11(13(17)18)15(2)12(16)9-7-8(19-3)5-6-10(9)14/h5-7,11H,4H2,1-3H3,(H,17,18). The number of hydrogen-bond acceptors (Lipinski definition) is 3. The van der Waals surface area contributed by atoms with E-state index < -0.39 is 12.0 Å². The minimum absolute atomic E-state index is 0.346. The molecular formula is C13H16BrNO4. The average Bonchev–Trinajstić information content (AvgIpc) is 2.38. The normalized spacial score (nSPS) is 11.8. The molecule has 0 aliphatic rings. The van der Waals surface area contributed by atoms with Crippen LogP contribution in [0.2, 0.25) is 0 Å². The zero-order chi connectivity index (χ0) is 14.6. The second-order valence-corrected chi connectivity index (χ2v) is 4.88. The molecule has 1 atom stereocenters. The minimum atomic E-state index is -1.02. The molecule has 6 heteroatoms. The lowest BCUT2D eigenvalue weighted by molar-refractivity contribution is -0.142. The molecule has 104 valence electrons. The average molecular weight is 330 g/mol. The lowest BCUT2D eigenvalue weighted by Crippen LogP contribution is -2.42. The first kappa shape index (κ1) is 15.5. The van der Waals surface area contributed by atoms with Crippen LogP contribution in [0.5, 0.6) is 5.75 Å². The molecule has 0 aliphatic heterocycles. The summed E-state index contributed by atoms with van der Waals surface area (Å²) in [5, 5.41) is 9.08. The predicted molar refractivity (Wildman–Crippen MR) is 74.5 cm³/mol. The summed E-state index contributed by atoms with van der Waals surface area (Å²) in [4.78, 5) is 24.6. The van der Waals surface area contributed by atoms with Crippen LogP contribution in [0.4, 0.5) is 0 Å². The van der Waals surface area contributed by atoms with Gasteiger partial charge in [0.2, 0.25) is 0 Å². The topological polar surface area (TPSA) is 66.8 Å². The number of carbonyl (C=O) groups excluding carboxylic acids is 1. The highest BCUT2D eigenvalue weighted by atomic mass is 79.9. The Hall–Kier alpha value is -1.56. The highest BCUT2D eigenvalue weighted by Crippen LogP contribution is 2.24. The second-order valence-electron chi connectivity index (χ2n) is 4.02. The van der Waals surface area contributed by atoms with Crippen LogP contribution in [-0.2, 0) is 4.79 Å². The number of likely N-dealkylation sites (N-methyl/N-ethyl adjacent to an activating group) is 1. The molecule has 0 fully saturated rings. The van der Waals surface area contributed by atoms with E-state index in [1.54, 1.807) is 25.1 Å². The number of rotatable bonds is 5. The molecular weight excluding hydrogens is 314 g/mol. The Morgan fingerprint density at radius 1 is 1.47 bits per heavy atom. The number of carbonyl (C=O) groups is 2. The third-order valence-corrected chi connectivity index (χ3v) is 3.56. The molecule has 0 heterocycles. The Kier molecular flexibility index (Phi) is 5.35. The van der Waals surface area contributed by atoms with Gasteiger partial charge < -0.3 is 14.7 Å². The van der Waals surface area contributed by atoms with Gasteiger partial charge in [-0.3, -0.25) is 4.79 Å². The number of halogens is 1. The Morgan fingerprint density at radius 2 is 2.11 bits per heavy atom. The summed E-state index contributed by atoms with van der Waals surface area (Å²) in [7, 11) is 2.99. The van der Waals surface area contributed by atoms with Gasteiger partial charge in [-0.05, 0) is 40.5 Å². The summed E-state index contributed by atoms with van der Waals surface area (Å²) >= 11 is 3.29. The van der Waals surface area contributed by atoms with E-state index in [9.17, 15) is 9.59 Å². The molecule has 1 amide bonds. The van der Waals surface area contributed by atoms with Crippen LogP contribution in [0, 0.1) is 0 Å². The van der Waals surface area contributed by atoms with Gasteiger partial charge in [0.05, 0.1) is 12.7 Å². The molecule has 0 aliphatic carbocycles. The molecule has 1 aromatic carbocycles. The SMILES string of the molecule is CCC(C(=O)O)N(C)C(=O)c1cc(OC)ccc1Br. The van der Waals surface area contributed by atoms with Gasteiger partial charge in [-0.1, -0.05) is 6.92 Å². The molecule has 1 unspecified atom stereocenters. The van der Waals surface area contributed by atoms with E-state index in [4.69, 9.17) is 9.84 Å². The number of carboxylic acid groups (broad SMARTS) is 1. The molecule has 5 nitrogen and oxygen atoms in total. The van der Waals surface area contributed by atoms with Crippen molar-refractivity contribution in [2.75, 3.05) is 14.2 Å². The number of amides is 1. The second kappa shape index (κ2) is 6.56. The smallest absolute Gasteiger partial charge is 0.326 e. The van der Waals surface area contributed by atoms with Crippen molar-refractivity contribution in [2.24, 2.45) is 0 Å². The largest absolute Gasteiger partial charge is 0.497 e. The van der Waals surface area contributed by atoms with E-state index >= 15 is 0 Å². The Labute approximate surface area is 120 Å². The van der Waals surface area contributed by atoms with Gasteiger partial charge in [-0.15, -0.1) is 0 Å². The van der Waals surface area contributed by atoms with Gasteiger partial charge in [-0.25, -0.2) is 4.79 Å².